The van der Waals surface area contributed by atoms with Crippen LogP contribution in [-0.2, 0) is 0 Å². The van der Waals surface area contributed by atoms with Gasteiger partial charge < -0.3 is 34.1 Å². The molecule has 2 aromatic heterocycles. The molecule has 2 saturated heterocycles. The van der Waals surface area contributed by atoms with Gasteiger partial charge in [-0.1, -0.05) is 0 Å². The lowest BCUT2D eigenvalue weighted by molar-refractivity contribution is 0.309. The van der Waals surface area contributed by atoms with Crippen LogP contribution in [-0.4, -0.2) is 105 Å². The molecule has 0 amide bonds. The number of piperazine rings is 2. The number of aromatic nitrogens is 3. The van der Waals surface area contributed by atoms with E-state index in [-0.39, 0.29) is 0 Å². The van der Waals surface area contributed by atoms with Crippen LogP contribution in [0.25, 0.3) is 21.9 Å². The van der Waals surface area contributed by atoms with Gasteiger partial charge >= 0.3 is 0 Å². The fourth-order valence-corrected chi connectivity index (χ4v) is 4.49. The second-order valence-corrected chi connectivity index (χ2v) is 8.53. The summed E-state index contributed by atoms with van der Waals surface area (Å²) in [6, 6.07) is 4.02. The van der Waals surface area contributed by atoms with E-state index in [4.69, 9.17) is 19.4 Å². The lowest BCUT2D eigenvalue weighted by Crippen LogP contribution is -2.46. The predicted octanol–water partition coefficient (Wildman–Crippen LogP) is 1.63. The third kappa shape index (κ3) is 3.61. The van der Waals surface area contributed by atoms with E-state index < -0.39 is 0 Å². The molecule has 31 heavy (non-hydrogen) atoms. The van der Waals surface area contributed by atoms with Gasteiger partial charge in [0.1, 0.15) is 11.5 Å². The second-order valence-electron chi connectivity index (χ2n) is 8.53. The average molecular weight is 426 g/mol. The molecule has 3 aromatic rings. The minimum atomic E-state index is 0.704. The number of benzene rings is 1. The Balaban J connectivity index is 1.68. The van der Waals surface area contributed by atoms with Gasteiger partial charge in [0.25, 0.3) is 0 Å². The Bertz CT molecular complexity index is 1080. The molecule has 0 bridgehead atoms. The molecule has 0 unspecified atom stereocenters. The Labute approximate surface area is 182 Å². The van der Waals surface area contributed by atoms with Gasteiger partial charge in [-0.3, -0.25) is 0 Å². The van der Waals surface area contributed by atoms with Crippen molar-refractivity contribution in [3.63, 3.8) is 0 Å². The van der Waals surface area contributed by atoms with Gasteiger partial charge in [-0.2, -0.15) is 9.97 Å². The molecule has 0 spiro atoms. The highest BCUT2D eigenvalue weighted by Crippen LogP contribution is 2.39. The molecule has 2 aliphatic heterocycles. The Hall–Kier alpha value is -2.78. The third-order valence-electron chi connectivity index (χ3n) is 6.51. The Morgan fingerprint density at radius 3 is 1.97 bits per heavy atom. The van der Waals surface area contributed by atoms with Crippen molar-refractivity contribution >= 4 is 33.7 Å². The molecule has 2 aliphatic rings. The van der Waals surface area contributed by atoms with Gasteiger partial charge in [0.2, 0.25) is 5.95 Å². The van der Waals surface area contributed by atoms with Crippen molar-refractivity contribution in [3.05, 3.63) is 12.1 Å². The second kappa shape index (κ2) is 8.05. The molecule has 9 heteroatoms. The fourth-order valence-electron chi connectivity index (χ4n) is 4.49. The summed E-state index contributed by atoms with van der Waals surface area (Å²) in [7, 11) is 7.66. The number of hydrogen-bond acceptors (Lipinski definition) is 8. The highest BCUT2D eigenvalue weighted by Gasteiger charge is 2.25. The summed E-state index contributed by atoms with van der Waals surface area (Å²) >= 11 is 0. The highest BCUT2D eigenvalue weighted by molar-refractivity contribution is 6.12. The normalized spacial score (nSPS) is 18.8. The number of likely N-dealkylation sites (N-methyl/N-ethyl adjacent to an activating group) is 2. The number of H-pyrrole nitrogens is 1. The number of aromatic amines is 1. The molecule has 1 aromatic carbocycles. The number of nitrogens with zero attached hydrogens (tertiary/aromatic N) is 6. The van der Waals surface area contributed by atoms with Crippen molar-refractivity contribution in [2.45, 2.75) is 0 Å². The van der Waals surface area contributed by atoms with E-state index in [1.807, 2.05) is 12.1 Å². The number of fused-ring (bicyclic) bond motifs is 3. The van der Waals surface area contributed by atoms with Crippen molar-refractivity contribution in [2.24, 2.45) is 0 Å². The lowest BCUT2D eigenvalue weighted by Gasteiger charge is -2.35. The van der Waals surface area contributed by atoms with Crippen LogP contribution in [0.2, 0.25) is 0 Å². The predicted molar refractivity (Wildman–Crippen MR) is 124 cm³/mol. The van der Waals surface area contributed by atoms with E-state index in [0.717, 1.165) is 86.1 Å². The van der Waals surface area contributed by atoms with Crippen molar-refractivity contribution in [3.8, 4) is 11.5 Å². The zero-order valence-corrected chi connectivity index (χ0v) is 18.8. The monoisotopic (exact) mass is 425 g/mol. The first kappa shape index (κ1) is 20.1. The standard InChI is InChI=1S/C22H31N7O2/c1-26-5-9-28(10-6-26)21-19-15-13-17(30-3)18(31-4)14-16(15)23-20(19)24-22(25-21)29-11-7-27(2)8-12-29/h13-14H,5-12H2,1-4H3,(H,23,24,25). The third-order valence-corrected chi connectivity index (χ3v) is 6.51. The molecule has 5 rings (SSSR count). The summed E-state index contributed by atoms with van der Waals surface area (Å²) in [6.07, 6.45) is 0. The van der Waals surface area contributed by atoms with Crippen LogP contribution in [0.1, 0.15) is 0 Å². The van der Waals surface area contributed by atoms with Crippen LogP contribution in [0.3, 0.4) is 0 Å². The van der Waals surface area contributed by atoms with Crippen LogP contribution in [0.15, 0.2) is 12.1 Å². The van der Waals surface area contributed by atoms with Crippen molar-refractivity contribution in [1.29, 1.82) is 0 Å². The quantitative estimate of drug-likeness (QED) is 0.676. The maximum absolute atomic E-state index is 5.58. The highest BCUT2D eigenvalue weighted by atomic mass is 16.5. The SMILES string of the molecule is COc1cc2[nH]c3nc(N4CCN(C)CC4)nc(N4CCN(C)CC4)c3c2cc1OC. The first-order valence-electron chi connectivity index (χ1n) is 10.9. The van der Waals surface area contributed by atoms with Crippen LogP contribution < -0.4 is 19.3 Å². The molecule has 0 atom stereocenters. The van der Waals surface area contributed by atoms with Gasteiger partial charge in [0, 0.05) is 63.8 Å². The summed E-state index contributed by atoms with van der Waals surface area (Å²) in [4.78, 5) is 23.0. The number of nitrogens with one attached hydrogen (secondary N) is 1. The van der Waals surface area contributed by atoms with Crippen molar-refractivity contribution in [2.75, 3.05) is 90.5 Å². The van der Waals surface area contributed by atoms with Crippen LogP contribution in [0, 0.1) is 0 Å². The minimum absolute atomic E-state index is 0.704. The minimum Gasteiger partial charge on any atom is -0.493 e. The Morgan fingerprint density at radius 1 is 0.774 bits per heavy atom. The first-order chi connectivity index (χ1) is 15.1. The number of rotatable bonds is 4. The number of hydrogen-bond donors (Lipinski definition) is 1. The smallest absolute Gasteiger partial charge is 0.229 e. The number of methoxy groups -OCH3 is 2. The summed E-state index contributed by atoms with van der Waals surface area (Å²) in [5.74, 6) is 3.23. The molecule has 9 nitrogen and oxygen atoms in total. The summed E-state index contributed by atoms with van der Waals surface area (Å²) in [5.41, 5.74) is 1.84. The summed E-state index contributed by atoms with van der Waals surface area (Å²) in [6.45, 7) is 7.86. The topological polar surface area (TPSA) is 73.0 Å². The van der Waals surface area contributed by atoms with Gasteiger partial charge in [0.05, 0.1) is 25.1 Å². The zero-order chi connectivity index (χ0) is 21.5. The molecule has 166 valence electrons. The van der Waals surface area contributed by atoms with E-state index in [2.05, 4.69) is 38.7 Å². The summed E-state index contributed by atoms with van der Waals surface area (Å²) < 4.78 is 11.1. The molecule has 1 N–H and O–H groups in total. The van der Waals surface area contributed by atoms with E-state index in [9.17, 15) is 0 Å². The molecule has 4 heterocycles. The Kier molecular flexibility index (Phi) is 5.23. The zero-order valence-electron chi connectivity index (χ0n) is 18.8. The van der Waals surface area contributed by atoms with E-state index >= 15 is 0 Å². The maximum Gasteiger partial charge on any atom is 0.229 e. The average Bonchev–Trinajstić information content (AvgIpc) is 3.15. The van der Waals surface area contributed by atoms with E-state index in [1.165, 1.54) is 0 Å². The number of anilines is 2. The van der Waals surface area contributed by atoms with Crippen molar-refractivity contribution in [1.82, 2.24) is 24.8 Å². The molecule has 0 saturated carbocycles. The molecular formula is C22H31N7O2. The van der Waals surface area contributed by atoms with Crippen LogP contribution in [0.5, 0.6) is 11.5 Å². The van der Waals surface area contributed by atoms with Crippen LogP contribution in [0.4, 0.5) is 11.8 Å². The maximum atomic E-state index is 5.58. The van der Waals surface area contributed by atoms with Crippen molar-refractivity contribution < 1.29 is 9.47 Å². The molecule has 2 fully saturated rings. The van der Waals surface area contributed by atoms with E-state index in [0.29, 0.717) is 11.5 Å². The molecular weight excluding hydrogens is 394 g/mol. The largest absolute Gasteiger partial charge is 0.493 e. The van der Waals surface area contributed by atoms with Gasteiger partial charge in [-0.25, -0.2) is 0 Å². The van der Waals surface area contributed by atoms with Gasteiger partial charge in [0.15, 0.2) is 11.5 Å². The molecule has 0 aliphatic carbocycles. The summed E-state index contributed by atoms with van der Waals surface area (Å²) in [5, 5.41) is 2.12. The number of ether oxygens (including phenoxy) is 2. The molecule has 0 radical (unpaired) electrons. The Morgan fingerprint density at radius 2 is 1.35 bits per heavy atom. The lowest BCUT2D eigenvalue weighted by atomic mass is 10.1. The van der Waals surface area contributed by atoms with Gasteiger partial charge in [-0.15, -0.1) is 0 Å². The first-order valence-corrected chi connectivity index (χ1v) is 10.9. The van der Waals surface area contributed by atoms with Crippen LogP contribution >= 0.6 is 0 Å². The fraction of sp³-hybridized carbons (Fsp3) is 0.545. The van der Waals surface area contributed by atoms with E-state index in [1.54, 1.807) is 14.2 Å². The van der Waals surface area contributed by atoms with Gasteiger partial charge in [-0.05, 0) is 20.2 Å².